The quantitative estimate of drug-likeness (QED) is 0.824. The van der Waals surface area contributed by atoms with Crippen LogP contribution in [-0.4, -0.2) is 9.94 Å². The first-order chi connectivity index (χ1) is 8.54. The third-order valence-electron chi connectivity index (χ3n) is 3.21. The molecule has 3 nitrogen and oxygen atoms in total. The lowest BCUT2D eigenvalue weighted by atomic mass is 10.0. The first kappa shape index (κ1) is 12.4. The monoisotopic (exact) mass is 243 g/mol. The largest absolute Gasteiger partial charge is 0.425 e. The second-order valence-electron chi connectivity index (χ2n) is 4.53. The van der Waals surface area contributed by atoms with Gasteiger partial charge < -0.3 is 5.21 Å². The van der Waals surface area contributed by atoms with Gasteiger partial charge in [0.05, 0.1) is 5.69 Å². The predicted molar refractivity (Wildman–Crippen MR) is 72.2 cm³/mol. The SMILES string of the molecule is CCc1c(C)cc(-c2ccc(C)cc2)n(O)c1=O. The average molecular weight is 243 g/mol. The summed E-state index contributed by atoms with van der Waals surface area (Å²) in [6, 6.07) is 9.58. The minimum Gasteiger partial charge on any atom is -0.425 e. The molecular weight excluding hydrogens is 226 g/mol. The highest BCUT2D eigenvalue weighted by Crippen LogP contribution is 2.20. The van der Waals surface area contributed by atoms with E-state index in [1.54, 1.807) is 0 Å². The number of nitrogens with zero attached hydrogens (tertiary/aromatic N) is 1. The van der Waals surface area contributed by atoms with Gasteiger partial charge >= 0.3 is 0 Å². The number of rotatable bonds is 2. The minimum absolute atomic E-state index is 0.326. The van der Waals surface area contributed by atoms with Gasteiger partial charge in [0, 0.05) is 11.1 Å². The summed E-state index contributed by atoms with van der Waals surface area (Å²) in [5.41, 5.74) is 3.78. The van der Waals surface area contributed by atoms with Crippen molar-refractivity contribution in [2.24, 2.45) is 0 Å². The maximum Gasteiger partial charge on any atom is 0.286 e. The smallest absolute Gasteiger partial charge is 0.286 e. The molecule has 0 spiro atoms. The molecule has 0 radical (unpaired) electrons. The van der Waals surface area contributed by atoms with Gasteiger partial charge in [0.1, 0.15) is 0 Å². The van der Waals surface area contributed by atoms with Crippen LogP contribution < -0.4 is 5.56 Å². The Labute approximate surface area is 106 Å². The summed E-state index contributed by atoms with van der Waals surface area (Å²) in [5, 5.41) is 9.96. The fourth-order valence-corrected chi connectivity index (χ4v) is 2.12. The van der Waals surface area contributed by atoms with Gasteiger partial charge in [0.25, 0.3) is 5.56 Å². The Morgan fingerprint density at radius 1 is 1.17 bits per heavy atom. The highest BCUT2D eigenvalue weighted by molar-refractivity contribution is 5.61. The van der Waals surface area contributed by atoms with E-state index in [0.29, 0.717) is 17.7 Å². The van der Waals surface area contributed by atoms with Crippen LogP contribution in [0, 0.1) is 13.8 Å². The van der Waals surface area contributed by atoms with E-state index in [2.05, 4.69) is 0 Å². The van der Waals surface area contributed by atoms with Crippen molar-refractivity contribution >= 4 is 0 Å². The first-order valence-electron chi connectivity index (χ1n) is 6.06. The second-order valence-corrected chi connectivity index (χ2v) is 4.53. The number of benzene rings is 1. The lowest BCUT2D eigenvalue weighted by Crippen LogP contribution is -2.24. The van der Waals surface area contributed by atoms with E-state index < -0.39 is 0 Å². The van der Waals surface area contributed by atoms with Crippen LogP contribution in [0.3, 0.4) is 0 Å². The molecule has 1 aromatic heterocycles. The Bertz CT molecular complexity index is 624. The standard InChI is InChI=1S/C15H17NO2/c1-4-13-11(3)9-14(16(18)15(13)17)12-7-5-10(2)6-8-12/h5-9,18H,4H2,1-3H3. The zero-order valence-corrected chi connectivity index (χ0v) is 10.9. The summed E-state index contributed by atoms with van der Waals surface area (Å²) < 4.78 is 0.747. The molecule has 0 bridgehead atoms. The number of aromatic nitrogens is 1. The molecule has 0 saturated heterocycles. The van der Waals surface area contributed by atoms with Gasteiger partial charge in [-0.1, -0.05) is 36.8 Å². The molecule has 0 unspecified atom stereocenters. The van der Waals surface area contributed by atoms with Gasteiger partial charge in [0.15, 0.2) is 0 Å². The molecule has 2 rings (SSSR count). The average Bonchev–Trinajstić information content (AvgIpc) is 2.36. The highest BCUT2D eigenvalue weighted by Gasteiger charge is 2.11. The Kier molecular flexibility index (Phi) is 3.24. The molecule has 0 aliphatic rings. The molecule has 0 aliphatic heterocycles. The van der Waals surface area contributed by atoms with E-state index in [1.807, 2.05) is 51.1 Å². The Morgan fingerprint density at radius 3 is 2.33 bits per heavy atom. The van der Waals surface area contributed by atoms with Crippen molar-refractivity contribution < 1.29 is 5.21 Å². The fourth-order valence-electron chi connectivity index (χ4n) is 2.12. The number of aryl methyl sites for hydroxylation is 2. The summed E-state index contributed by atoms with van der Waals surface area (Å²) in [7, 11) is 0. The van der Waals surface area contributed by atoms with Crippen molar-refractivity contribution in [2.45, 2.75) is 27.2 Å². The van der Waals surface area contributed by atoms with Crippen molar-refractivity contribution in [3.63, 3.8) is 0 Å². The van der Waals surface area contributed by atoms with Gasteiger partial charge in [-0.3, -0.25) is 4.79 Å². The summed E-state index contributed by atoms with van der Waals surface area (Å²) in [5.74, 6) is 0. The van der Waals surface area contributed by atoms with Gasteiger partial charge in [-0.25, -0.2) is 0 Å². The van der Waals surface area contributed by atoms with E-state index in [0.717, 1.165) is 21.4 Å². The van der Waals surface area contributed by atoms with E-state index in [9.17, 15) is 10.0 Å². The normalized spacial score (nSPS) is 10.6. The Morgan fingerprint density at radius 2 is 1.78 bits per heavy atom. The Balaban J connectivity index is 2.66. The van der Waals surface area contributed by atoms with Crippen molar-refractivity contribution in [1.29, 1.82) is 0 Å². The van der Waals surface area contributed by atoms with Crippen LogP contribution in [0.15, 0.2) is 35.1 Å². The third-order valence-corrected chi connectivity index (χ3v) is 3.21. The molecule has 1 heterocycles. The number of hydrogen-bond acceptors (Lipinski definition) is 2. The molecule has 0 fully saturated rings. The summed E-state index contributed by atoms with van der Waals surface area (Å²) >= 11 is 0. The van der Waals surface area contributed by atoms with Crippen LogP contribution >= 0.6 is 0 Å². The minimum atomic E-state index is -0.326. The molecule has 1 N–H and O–H groups in total. The molecule has 18 heavy (non-hydrogen) atoms. The summed E-state index contributed by atoms with van der Waals surface area (Å²) in [6.07, 6.45) is 0.624. The van der Waals surface area contributed by atoms with Crippen LogP contribution in [0.2, 0.25) is 0 Å². The van der Waals surface area contributed by atoms with E-state index in [1.165, 1.54) is 0 Å². The Hall–Kier alpha value is -2.03. The number of pyridine rings is 1. The first-order valence-corrected chi connectivity index (χ1v) is 6.06. The molecule has 3 heteroatoms. The van der Waals surface area contributed by atoms with Gasteiger partial charge in [0.2, 0.25) is 0 Å². The molecule has 1 aromatic carbocycles. The maximum atomic E-state index is 12.0. The topological polar surface area (TPSA) is 42.2 Å². The van der Waals surface area contributed by atoms with Crippen LogP contribution in [0.1, 0.15) is 23.6 Å². The molecule has 94 valence electrons. The lowest BCUT2D eigenvalue weighted by Gasteiger charge is -2.11. The number of hydrogen-bond donors (Lipinski definition) is 1. The zero-order valence-electron chi connectivity index (χ0n) is 10.9. The van der Waals surface area contributed by atoms with E-state index in [4.69, 9.17) is 0 Å². The molecule has 0 amide bonds. The predicted octanol–water partition coefficient (Wildman–Crippen LogP) is 2.93. The van der Waals surface area contributed by atoms with Crippen LogP contribution in [-0.2, 0) is 6.42 Å². The maximum absolute atomic E-state index is 12.0. The van der Waals surface area contributed by atoms with Crippen molar-refractivity contribution in [3.05, 3.63) is 57.4 Å². The summed E-state index contributed by atoms with van der Waals surface area (Å²) in [4.78, 5) is 12.0. The molecular formula is C15H17NO2. The van der Waals surface area contributed by atoms with Crippen molar-refractivity contribution in [1.82, 2.24) is 4.73 Å². The van der Waals surface area contributed by atoms with Crippen LogP contribution in [0.4, 0.5) is 0 Å². The zero-order chi connectivity index (χ0) is 13.3. The van der Waals surface area contributed by atoms with Crippen molar-refractivity contribution in [2.75, 3.05) is 0 Å². The molecule has 0 atom stereocenters. The van der Waals surface area contributed by atoms with E-state index in [-0.39, 0.29) is 5.56 Å². The van der Waals surface area contributed by atoms with Gasteiger partial charge in [-0.05, 0) is 31.9 Å². The van der Waals surface area contributed by atoms with Crippen LogP contribution in [0.25, 0.3) is 11.3 Å². The van der Waals surface area contributed by atoms with Crippen molar-refractivity contribution in [3.8, 4) is 11.3 Å². The molecule has 0 saturated carbocycles. The van der Waals surface area contributed by atoms with E-state index >= 15 is 0 Å². The lowest BCUT2D eigenvalue weighted by molar-refractivity contribution is 0.178. The summed E-state index contributed by atoms with van der Waals surface area (Å²) in [6.45, 7) is 5.81. The fraction of sp³-hybridized carbons (Fsp3) is 0.267. The molecule has 0 aliphatic carbocycles. The second kappa shape index (κ2) is 4.69. The van der Waals surface area contributed by atoms with Crippen LogP contribution in [0.5, 0.6) is 0 Å². The third kappa shape index (κ3) is 2.04. The van der Waals surface area contributed by atoms with Gasteiger partial charge in [-0.15, -0.1) is 4.73 Å². The highest BCUT2D eigenvalue weighted by atomic mass is 16.5. The molecule has 2 aromatic rings. The van der Waals surface area contributed by atoms with Gasteiger partial charge in [-0.2, -0.15) is 0 Å².